The van der Waals surface area contributed by atoms with E-state index in [1.807, 2.05) is 45.6 Å². The molecule has 202 valence electrons. The Morgan fingerprint density at radius 1 is 1.13 bits per heavy atom. The normalized spacial score (nSPS) is 19.5. The fraction of sp³-hybridized carbons (Fsp3) is 0.500. The molecule has 12 heteroatoms. The molecule has 0 saturated carbocycles. The summed E-state index contributed by atoms with van der Waals surface area (Å²) in [6.45, 7) is 11.5. The smallest absolute Gasteiger partial charge is 0.410 e. The van der Waals surface area contributed by atoms with Gasteiger partial charge in [-0.3, -0.25) is 9.80 Å². The molecule has 3 aromatic heterocycles. The lowest BCUT2D eigenvalue weighted by atomic mass is 10.1. The van der Waals surface area contributed by atoms with E-state index < -0.39 is 5.60 Å². The van der Waals surface area contributed by atoms with Crippen molar-refractivity contribution < 1.29 is 19.1 Å². The van der Waals surface area contributed by atoms with Crippen molar-refractivity contribution in [1.29, 1.82) is 0 Å². The molecule has 3 aromatic rings. The van der Waals surface area contributed by atoms with Gasteiger partial charge in [0.15, 0.2) is 5.65 Å². The monoisotopic (exact) mass is 522 g/mol. The zero-order valence-electron chi connectivity index (χ0n) is 22.6. The number of methoxy groups -OCH3 is 1. The van der Waals surface area contributed by atoms with E-state index in [1.54, 1.807) is 35.0 Å². The van der Waals surface area contributed by atoms with Crippen LogP contribution in [0.15, 0.2) is 30.9 Å². The second-order valence-electron chi connectivity index (χ2n) is 10.8. The Kier molecular flexibility index (Phi) is 6.49. The van der Waals surface area contributed by atoms with E-state index in [4.69, 9.17) is 9.47 Å². The molecule has 2 aliphatic rings. The van der Waals surface area contributed by atoms with Gasteiger partial charge in [-0.15, -0.1) is 0 Å². The van der Waals surface area contributed by atoms with Crippen LogP contribution >= 0.6 is 0 Å². The topological polar surface area (TPSA) is 117 Å². The Balaban J connectivity index is 1.34. The minimum atomic E-state index is -0.547. The van der Waals surface area contributed by atoms with Crippen molar-refractivity contribution >= 4 is 35.0 Å². The average molecular weight is 523 g/mol. The summed E-state index contributed by atoms with van der Waals surface area (Å²) in [5, 5.41) is 7.08. The van der Waals surface area contributed by atoms with Crippen molar-refractivity contribution in [2.45, 2.75) is 58.7 Å². The summed E-state index contributed by atoms with van der Waals surface area (Å²) in [4.78, 5) is 40.6. The van der Waals surface area contributed by atoms with Crippen LogP contribution in [0.4, 0.5) is 26.8 Å². The first-order valence-corrected chi connectivity index (χ1v) is 12.8. The van der Waals surface area contributed by atoms with E-state index in [0.717, 1.165) is 11.3 Å². The highest BCUT2D eigenvalue weighted by molar-refractivity contribution is 6.03. The summed E-state index contributed by atoms with van der Waals surface area (Å²) in [5.41, 5.74) is 2.61. The van der Waals surface area contributed by atoms with Crippen LogP contribution in [0.3, 0.4) is 0 Å². The van der Waals surface area contributed by atoms with Crippen LogP contribution in [0.1, 0.15) is 40.2 Å². The molecule has 0 radical (unpaired) electrons. The zero-order chi connectivity index (χ0) is 27.2. The van der Waals surface area contributed by atoms with E-state index in [0.29, 0.717) is 49.0 Å². The second kappa shape index (κ2) is 9.66. The molecule has 12 nitrogen and oxygen atoms in total. The minimum Gasteiger partial charge on any atom is -0.494 e. The fourth-order valence-corrected chi connectivity index (χ4v) is 5.25. The van der Waals surface area contributed by atoms with E-state index >= 15 is 0 Å². The summed E-state index contributed by atoms with van der Waals surface area (Å²) < 4.78 is 12.7. The molecule has 3 amide bonds. The van der Waals surface area contributed by atoms with Crippen molar-refractivity contribution in [3.05, 3.63) is 36.4 Å². The molecule has 5 heterocycles. The number of carbonyl (C=O) groups excluding carboxylic acids is 2. The van der Waals surface area contributed by atoms with E-state index in [-0.39, 0.29) is 24.2 Å². The highest BCUT2D eigenvalue weighted by Crippen LogP contribution is 2.36. The summed E-state index contributed by atoms with van der Waals surface area (Å²) in [5.74, 6) is 1.13. The number of nitrogens with one attached hydrogen (secondary N) is 1. The van der Waals surface area contributed by atoms with Gasteiger partial charge in [0.05, 0.1) is 25.4 Å². The number of rotatable bonds is 3. The SMILES string of the molecule is COc1cc2ncnn2cc1NC(=O)N1CCc2c(N3C[C@@H](C)N(C(=O)OC(C)(C)C)[C@@H](C)C3)ccnc21. The number of carbonyl (C=O) groups is 2. The number of aromatic nitrogens is 4. The lowest BCUT2D eigenvalue weighted by Gasteiger charge is -2.45. The first-order chi connectivity index (χ1) is 18.1. The van der Waals surface area contributed by atoms with Crippen molar-refractivity contribution in [3.8, 4) is 5.75 Å². The van der Waals surface area contributed by atoms with Crippen LogP contribution in [0.2, 0.25) is 0 Å². The molecule has 2 aliphatic heterocycles. The Labute approximate surface area is 221 Å². The van der Waals surface area contributed by atoms with Gasteiger partial charge in [-0.2, -0.15) is 5.10 Å². The van der Waals surface area contributed by atoms with Crippen LogP contribution in [-0.2, 0) is 11.2 Å². The van der Waals surface area contributed by atoms with Gasteiger partial charge in [-0.25, -0.2) is 24.1 Å². The highest BCUT2D eigenvalue weighted by atomic mass is 16.6. The number of hydrogen-bond acceptors (Lipinski definition) is 8. The number of fused-ring (bicyclic) bond motifs is 2. The number of anilines is 3. The zero-order valence-corrected chi connectivity index (χ0v) is 22.6. The maximum atomic E-state index is 13.3. The predicted octanol–water partition coefficient (Wildman–Crippen LogP) is 3.56. The fourth-order valence-electron chi connectivity index (χ4n) is 5.25. The van der Waals surface area contributed by atoms with Gasteiger partial charge in [-0.05, 0) is 47.1 Å². The number of pyridine rings is 2. The molecule has 0 aliphatic carbocycles. The van der Waals surface area contributed by atoms with Gasteiger partial charge < -0.3 is 19.7 Å². The third-order valence-corrected chi connectivity index (χ3v) is 6.80. The minimum absolute atomic E-state index is 0.0441. The maximum Gasteiger partial charge on any atom is 0.410 e. The number of hydrogen-bond donors (Lipinski definition) is 1. The van der Waals surface area contributed by atoms with Gasteiger partial charge in [-0.1, -0.05) is 0 Å². The molecule has 1 saturated heterocycles. The Morgan fingerprint density at radius 2 is 1.87 bits per heavy atom. The molecule has 1 N–H and O–H groups in total. The quantitative estimate of drug-likeness (QED) is 0.555. The number of urea groups is 1. The molecule has 2 atom stereocenters. The summed E-state index contributed by atoms with van der Waals surface area (Å²) in [7, 11) is 1.54. The Morgan fingerprint density at radius 3 is 2.55 bits per heavy atom. The molecular weight excluding hydrogens is 488 g/mol. The van der Waals surface area contributed by atoms with Gasteiger partial charge in [0.25, 0.3) is 0 Å². The van der Waals surface area contributed by atoms with Crippen LogP contribution in [0.25, 0.3) is 5.65 Å². The third-order valence-electron chi connectivity index (χ3n) is 6.80. The summed E-state index contributed by atoms with van der Waals surface area (Å²) in [6, 6.07) is 3.32. The van der Waals surface area contributed by atoms with Gasteiger partial charge in [0.1, 0.15) is 29.2 Å². The van der Waals surface area contributed by atoms with E-state index in [1.165, 1.54) is 6.33 Å². The largest absolute Gasteiger partial charge is 0.494 e. The van der Waals surface area contributed by atoms with Crippen molar-refractivity contribution in [2.75, 3.05) is 41.9 Å². The number of nitrogens with zero attached hydrogens (tertiary/aromatic N) is 7. The lowest BCUT2D eigenvalue weighted by molar-refractivity contribution is 0.00565. The van der Waals surface area contributed by atoms with E-state index in [2.05, 4.69) is 25.3 Å². The molecule has 0 spiro atoms. The van der Waals surface area contributed by atoms with Crippen LogP contribution in [0, 0.1) is 0 Å². The third kappa shape index (κ3) is 4.77. The van der Waals surface area contributed by atoms with Crippen LogP contribution in [0.5, 0.6) is 5.75 Å². The van der Waals surface area contributed by atoms with Gasteiger partial charge in [0, 0.05) is 43.1 Å². The maximum absolute atomic E-state index is 13.3. The molecule has 0 unspecified atom stereocenters. The van der Waals surface area contributed by atoms with Gasteiger partial charge >= 0.3 is 12.1 Å². The van der Waals surface area contributed by atoms with Crippen LogP contribution in [-0.4, -0.2) is 81.0 Å². The molecule has 5 rings (SSSR count). The lowest BCUT2D eigenvalue weighted by Crippen LogP contribution is -2.59. The Bertz CT molecular complexity index is 1360. The number of ether oxygens (including phenoxy) is 2. The highest BCUT2D eigenvalue weighted by Gasteiger charge is 2.37. The van der Waals surface area contributed by atoms with Gasteiger partial charge in [0.2, 0.25) is 0 Å². The van der Waals surface area contributed by atoms with Crippen LogP contribution < -0.4 is 19.9 Å². The summed E-state index contributed by atoms with van der Waals surface area (Å²) in [6.07, 6.45) is 5.24. The molecule has 0 aromatic carbocycles. The average Bonchev–Trinajstić information content (AvgIpc) is 3.48. The standard InChI is InChI=1S/C26H34N8O4/c1-16-12-31(13-17(2)34(16)25(36)38-26(3,4)5)20-7-9-27-23-18(20)8-10-32(23)24(35)30-19-14-33-22(28-15-29-33)11-21(19)37-6/h7,9,11,14-17H,8,10,12-13H2,1-6H3,(H,30,35)/t16-,17+. The molecule has 38 heavy (non-hydrogen) atoms. The molecule has 0 bridgehead atoms. The molecule has 1 fully saturated rings. The summed E-state index contributed by atoms with van der Waals surface area (Å²) >= 11 is 0. The second-order valence-corrected chi connectivity index (χ2v) is 10.8. The molecular formula is C26H34N8O4. The predicted molar refractivity (Wildman–Crippen MR) is 143 cm³/mol. The van der Waals surface area contributed by atoms with E-state index in [9.17, 15) is 9.59 Å². The van der Waals surface area contributed by atoms with Crippen molar-refractivity contribution in [2.24, 2.45) is 0 Å². The first kappa shape index (κ1) is 25.6. The van der Waals surface area contributed by atoms with Crippen molar-refractivity contribution in [1.82, 2.24) is 24.5 Å². The number of piperazine rings is 1. The number of amides is 3. The Hall–Kier alpha value is -4.09. The van der Waals surface area contributed by atoms with Crippen molar-refractivity contribution in [3.63, 3.8) is 0 Å². The first-order valence-electron chi connectivity index (χ1n) is 12.8.